The Balaban J connectivity index is 1.62. The van der Waals surface area contributed by atoms with Crippen LogP contribution in [0.15, 0.2) is 12.4 Å². The molecule has 0 amide bonds. The molecule has 1 aliphatic rings. The highest BCUT2D eigenvalue weighted by molar-refractivity contribution is 7.20. The van der Waals surface area contributed by atoms with Crippen molar-refractivity contribution in [2.75, 3.05) is 25.1 Å². The van der Waals surface area contributed by atoms with E-state index in [4.69, 9.17) is 9.72 Å². The molecule has 8 heteroatoms. The average molecular weight is 400 g/mol. The van der Waals surface area contributed by atoms with E-state index in [1.54, 1.807) is 0 Å². The molecule has 0 unspecified atom stereocenters. The van der Waals surface area contributed by atoms with Gasteiger partial charge in [-0.15, -0.1) is 11.3 Å². The molecule has 0 saturated carbocycles. The van der Waals surface area contributed by atoms with Crippen LogP contribution in [0.5, 0.6) is 0 Å². The number of aromatic nitrogens is 4. The first-order valence-corrected chi connectivity index (χ1v) is 10.5. The van der Waals surface area contributed by atoms with E-state index in [0.717, 1.165) is 59.9 Å². The van der Waals surface area contributed by atoms with Gasteiger partial charge in [0.1, 0.15) is 21.3 Å². The minimum absolute atomic E-state index is 0.309. The van der Waals surface area contributed by atoms with E-state index in [-0.39, 0.29) is 5.97 Å². The number of esters is 1. The summed E-state index contributed by atoms with van der Waals surface area (Å²) in [7, 11) is 1.41. The van der Waals surface area contributed by atoms with Crippen molar-refractivity contribution in [3.8, 4) is 0 Å². The number of carbonyl (C=O) groups excluding carboxylic acids is 1. The lowest BCUT2D eigenvalue weighted by Gasteiger charge is -2.33. The second-order valence-electron chi connectivity index (χ2n) is 7.21. The number of nitrogens with zero attached hydrogens (tertiary/aromatic N) is 5. The molecule has 28 heavy (non-hydrogen) atoms. The molecule has 1 fully saturated rings. The zero-order chi connectivity index (χ0) is 19.8. The number of ether oxygens (including phenoxy) is 1. The van der Waals surface area contributed by atoms with Crippen molar-refractivity contribution >= 4 is 33.3 Å². The van der Waals surface area contributed by atoms with E-state index >= 15 is 0 Å². The maximum atomic E-state index is 12.1. The van der Waals surface area contributed by atoms with Crippen molar-refractivity contribution < 1.29 is 9.53 Å². The number of carbonyl (C=O) groups is 1. The lowest BCUT2D eigenvalue weighted by molar-refractivity contribution is 0.0605. The fourth-order valence-corrected chi connectivity index (χ4v) is 5.06. The third-order valence-corrected chi connectivity index (χ3v) is 6.66. The smallest absolute Gasteiger partial charge is 0.348 e. The molecule has 0 aliphatic carbocycles. The predicted molar refractivity (Wildman–Crippen MR) is 110 cm³/mol. The van der Waals surface area contributed by atoms with Crippen LogP contribution in [0.25, 0.3) is 10.2 Å². The van der Waals surface area contributed by atoms with Crippen LogP contribution >= 0.6 is 11.3 Å². The van der Waals surface area contributed by atoms with Gasteiger partial charge < -0.3 is 9.64 Å². The molecule has 4 heterocycles. The predicted octanol–water partition coefficient (Wildman–Crippen LogP) is 3.70. The summed E-state index contributed by atoms with van der Waals surface area (Å²) >= 11 is 1.39. The highest BCUT2D eigenvalue weighted by Crippen LogP contribution is 2.38. The Labute approximate surface area is 168 Å². The Morgan fingerprint density at radius 1 is 1.29 bits per heavy atom. The Hall–Kier alpha value is -2.48. The minimum Gasteiger partial charge on any atom is -0.465 e. The van der Waals surface area contributed by atoms with Crippen LogP contribution in [0.1, 0.15) is 52.3 Å². The molecule has 0 bridgehead atoms. The number of methoxy groups -OCH3 is 1. The molecule has 1 aliphatic heterocycles. The molecule has 148 valence electrons. The van der Waals surface area contributed by atoms with Gasteiger partial charge in [0.15, 0.2) is 0 Å². The fourth-order valence-electron chi connectivity index (χ4n) is 3.93. The van der Waals surface area contributed by atoms with Crippen LogP contribution in [0.4, 0.5) is 5.82 Å². The van der Waals surface area contributed by atoms with Gasteiger partial charge in [-0.25, -0.2) is 14.8 Å². The second kappa shape index (κ2) is 7.50. The van der Waals surface area contributed by atoms with Crippen LogP contribution in [0.3, 0.4) is 0 Å². The molecule has 0 spiro atoms. The van der Waals surface area contributed by atoms with Gasteiger partial charge in [0.2, 0.25) is 0 Å². The van der Waals surface area contributed by atoms with Gasteiger partial charge in [0.25, 0.3) is 0 Å². The molecular formula is C20H25N5O2S. The number of aryl methyl sites for hydroxylation is 3. The largest absolute Gasteiger partial charge is 0.465 e. The Bertz CT molecular complexity index is 1020. The van der Waals surface area contributed by atoms with E-state index in [1.165, 1.54) is 24.0 Å². The van der Waals surface area contributed by atoms with Crippen LogP contribution < -0.4 is 4.90 Å². The average Bonchev–Trinajstić information content (AvgIpc) is 3.32. The SMILES string of the molecule is CCn1cc(C2CCN(c3nc(C)nc4sc(C(=O)OC)c(C)c34)CC2)cn1. The van der Waals surface area contributed by atoms with Gasteiger partial charge in [-0.2, -0.15) is 5.10 Å². The first-order chi connectivity index (χ1) is 13.5. The fraction of sp³-hybridized carbons (Fsp3) is 0.500. The molecule has 1 saturated heterocycles. The van der Waals surface area contributed by atoms with Gasteiger partial charge in [-0.1, -0.05) is 0 Å². The number of rotatable bonds is 4. The van der Waals surface area contributed by atoms with Gasteiger partial charge in [-0.3, -0.25) is 4.68 Å². The summed E-state index contributed by atoms with van der Waals surface area (Å²) < 4.78 is 6.93. The van der Waals surface area contributed by atoms with Gasteiger partial charge in [0.05, 0.1) is 18.7 Å². The molecule has 4 rings (SSSR count). The summed E-state index contributed by atoms with van der Waals surface area (Å²) in [4.78, 5) is 25.2. The number of thiophene rings is 1. The van der Waals surface area contributed by atoms with Crippen LogP contribution in [0.2, 0.25) is 0 Å². The quantitative estimate of drug-likeness (QED) is 0.623. The van der Waals surface area contributed by atoms with E-state index in [1.807, 2.05) is 24.7 Å². The number of hydrogen-bond acceptors (Lipinski definition) is 7. The lowest BCUT2D eigenvalue weighted by atomic mass is 9.91. The number of anilines is 1. The summed E-state index contributed by atoms with van der Waals surface area (Å²) in [5, 5.41) is 5.40. The van der Waals surface area contributed by atoms with Crippen molar-refractivity contribution in [1.82, 2.24) is 19.7 Å². The van der Waals surface area contributed by atoms with E-state index in [0.29, 0.717) is 10.8 Å². The van der Waals surface area contributed by atoms with Crippen molar-refractivity contribution in [2.45, 2.75) is 46.1 Å². The third kappa shape index (κ3) is 3.26. The van der Waals surface area contributed by atoms with Gasteiger partial charge in [0, 0.05) is 25.8 Å². The maximum absolute atomic E-state index is 12.1. The molecule has 7 nitrogen and oxygen atoms in total. The normalized spacial score (nSPS) is 15.4. The summed E-state index contributed by atoms with van der Waals surface area (Å²) in [5.41, 5.74) is 2.23. The maximum Gasteiger partial charge on any atom is 0.348 e. The molecular weight excluding hydrogens is 374 g/mol. The first-order valence-electron chi connectivity index (χ1n) is 9.65. The van der Waals surface area contributed by atoms with E-state index in [9.17, 15) is 4.79 Å². The highest BCUT2D eigenvalue weighted by Gasteiger charge is 2.27. The number of hydrogen-bond donors (Lipinski definition) is 0. The minimum atomic E-state index is -0.309. The molecule has 3 aromatic heterocycles. The van der Waals surface area contributed by atoms with Crippen molar-refractivity contribution in [2.24, 2.45) is 0 Å². The van der Waals surface area contributed by atoms with Crippen molar-refractivity contribution in [3.63, 3.8) is 0 Å². The number of fused-ring (bicyclic) bond motifs is 1. The summed E-state index contributed by atoms with van der Waals surface area (Å²) in [5.74, 6) is 1.89. The molecule has 0 radical (unpaired) electrons. The third-order valence-electron chi connectivity index (χ3n) is 5.50. The first kappa shape index (κ1) is 18.9. The van der Waals surface area contributed by atoms with Crippen LogP contribution in [-0.4, -0.2) is 45.9 Å². The Kier molecular flexibility index (Phi) is 5.05. The zero-order valence-corrected chi connectivity index (χ0v) is 17.5. The summed E-state index contributed by atoms with van der Waals surface area (Å²) in [6.07, 6.45) is 6.29. The zero-order valence-electron chi connectivity index (χ0n) is 16.7. The summed E-state index contributed by atoms with van der Waals surface area (Å²) in [6.45, 7) is 8.72. The molecule has 0 atom stereocenters. The van der Waals surface area contributed by atoms with Crippen LogP contribution in [0, 0.1) is 13.8 Å². The molecule has 0 N–H and O–H groups in total. The topological polar surface area (TPSA) is 73.1 Å². The van der Waals surface area contributed by atoms with Crippen molar-refractivity contribution in [1.29, 1.82) is 0 Å². The lowest BCUT2D eigenvalue weighted by Crippen LogP contribution is -2.33. The van der Waals surface area contributed by atoms with Crippen molar-refractivity contribution in [3.05, 3.63) is 34.2 Å². The highest BCUT2D eigenvalue weighted by atomic mass is 32.1. The monoisotopic (exact) mass is 399 g/mol. The Morgan fingerprint density at radius 2 is 2.04 bits per heavy atom. The summed E-state index contributed by atoms with van der Waals surface area (Å²) in [6, 6.07) is 0. The van der Waals surface area contributed by atoms with E-state index in [2.05, 4.69) is 28.1 Å². The standard InChI is InChI=1S/C20H25N5O2S/c1-5-25-11-15(10-21-25)14-6-8-24(9-7-14)18-16-12(2)17(20(26)27-4)28-19(16)23-13(3)22-18/h10-11,14H,5-9H2,1-4H3. The molecule has 3 aromatic rings. The molecule has 0 aromatic carbocycles. The Morgan fingerprint density at radius 3 is 2.68 bits per heavy atom. The van der Waals surface area contributed by atoms with E-state index < -0.39 is 0 Å². The number of piperidine rings is 1. The van der Waals surface area contributed by atoms with Gasteiger partial charge >= 0.3 is 5.97 Å². The van der Waals surface area contributed by atoms with Gasteiger partial charge in [-0.05, 0) is 50.7 Å². The van der Waals surface area contributed by atoms with Crippen LogP contribution in [-0.2, 0) is 11.3 Å². The second-order valence-corrected chi connectivity index (χ2v) is 8.21.